The summed E-state index contributed by atoms with van der Waals surface area (Å²) in [5.41, 5.74) is 2.59. The molecule has 128 valence electrons. The maximum atomic E-state index is 12.1. The molecule has 0 saturated carbocycles. The van der Waals surface area contributed by atoms with Gasteiger partial charge in [-0.3, -0.25) is 9.48 Å². The van der Waals surface area contributed by atoms with Gasteiger partial charge in [0.1, 0.15) is 5.52 Å². The number of para-hydroxylation sites is 2. The van der Waals surface area contributed by atoms with Crippen molar-refractivity contribution in [2.75, 3.05) is 5.32 Å². The summed E-state index contributed by atoms with van der Waals surface area (Å²) < 4.78 is 7.31. The van der Waals surface area contributed by atoms with Crippen LogP contribution in [0.1, 0.15) is 11.5 Å². The molecule has 0 saturated heterocycles. The minimum absolute atomic E-state index is 0.294. The molecule has 0 atom stereocenters. The van der Waals surface area contributed by atoms with Crippen LogP contribution in [0.4, 0.5) is 5.82 Å². The average Bonchev–Trinajstić information content (AvgIpc) is 3.27. The quantitative estimate of drug-likeness (QED) is 0.560. The number of carbonyl (C=O) groups is 1. The van der Waals surface area contributed by atoms with Gasteiger partial charge in [-0.25, -0.2) is 4.98 Å². The fraction of sp³-hybridized carbons (Fsp3) is 0.0500. The van der Waals surface area contributed by atoms with Crippen molar-refractivity contribution in [2.24, 2.45) is 0 Å². The lowest BCUT2D eigenvalue weighted by Gasteiger charge is -2.01. The van der Waals surface area contributed by atoms with Gasteiger partial charge >= 0.3 is 0 Å². The predicted octanol–water partition coefficient (Wildman–Crippen LogP) is 3.72. The van der Waals surface area contributed by atoms with Crippen molar-refractivity contribution in [1.29, 1.82) is 0 Å². The number of anilines is 1. The predicted molar refractivity (Wildman–Crippen MR) is 99.4 cm³/mol. The number of hydrogen-bond donors (Lipinski definition) is 1. The number of rotatable bonds is 5. The van der Waals surface area contributed by atoms with Crippen LogP contribution in [0, 0.1) is 0 Å². The van der Waals surface area contributed by atoms with Crippen molar-refractivity contribution in [3.05, 3.63) is 84.4 Å². The van der Waals surface area contributed by atoms with Gasteiger partial charge in [0.15, 0.2) is 11.4 Å². The monoisotopic (exact) mass is 344 g/mol. The van der Waals surface area contributed by atoms with Crippen LogP contribution in [-0.4, -0.2) is 20.7 Å². The lowest BCUT2D eigenvalue weighted by molar-refractivity contribution is -0.111. The van der Waals surface area contributed by atoms with Crippen molar-refractivity contribution in [2.45, 2.75) is 6.54 Å². The van der Waals surface area contributed by atoms with E-state index in [9.17, 15) is 4.79 Å². The fourth-order valence-electron chi connectivity index (χ4n) is 2.56. The Balaban J connectivity index is 1.38. The van der Waals surface area contributed by atoms with E-state index < -0.39 is 0 Å². The molecule has 0 aliphatic rings. The zero-order chi connectivity index (χ0) is 17.8. The largest absolute Gasteiger partial charge is 0.437 e. The molecule has 1 N–H and O–H groups in total. The lowest BCUT2D eigenvalue weighted by atomic mass is 10.2. The van der Waals surface area contributed by atoms with Crippen LogP contribution in [-0.2, 0) is 11.3 Å². The third-order valence-electron chi connectivity index (χ3n) is 3.77. The van der Waals surface area contributed by atoms with Crippen LogP contribution in [0.2, 0.25) is 0 Å². The Labute approximate surface area is 149 Å². The number of nitrogens with zero attached hydrogens (tertiary/aromatic N) is 3. The number of aromatic nitrogens is 3. The molecule has 1 amide bonds. The molecular weight excluding hydrogens is 328 g/mol. The summed E-state index contributed by atoms with van der Waals surface area (Å²) in [5.74, 6) is 0.585. The number of amides is 1. The van der Waals surface area contributed by atoms with Crippen molar-refractivity contribution in [3.63, 3.8) is 0 Å². The molecule has 2 aromatic carbocycles. The first-order valence-corrected chi connectivity index (χ1v) is 8.18. The van der Waals surface area contributed by atoms with Crippen molar-refractivity contribution in [1.82, 2.24) is 14.8 Å². The van der Waals surface area contributed by atoms with E-state index in [1.54, 1.807) is 10.7 Å². The second kappa shape index (κ2) is 7.06. The van der Waals surface area contributed by atoms with Crippen LogP contribution in [0.25, 0.3) is 17.2 Å². The second-order valence-corrected chi connectivity index (χ2v) is 5.73. The van der Waals surface area contributed by atoms with Crippen molar-refractivity contribution in [3.8, 4) is 0 Å². The Morgan fingerprint density at radius 2 is 1.88 bits per heavy atom. The lowest BCUT2D eigenvalue weighted by Crippen LogP contribution is -2.09. The highest BCUT2D eigenvalue weighted by atomic mass is 16.3. The summed E-state index contributed by atoms with van der Waals surface area (Å²) in [4.78, 5) is 16.3. The maximum Gasteiger partial charge on any atom is 0.249 e. The summed E-state index contributed by atoms with van der Waals surface area (Å²) in [7, 11) is 0. The van der Waals surface area contributed by atoms with Crippen LogP contribution >= 0.6 is 0 Å². The zero-order valence-electron chi connectivity index (χ0n) is 13.9. The normalized spacial score (nSPS) is 11.2. The molecule has 4 aromatic rings. The number of benzene rings is 2. The molecule has 6 heteroatoms. The number of hydrogen-bond acceptors (Lipinski definition) is 4. The van der Waals surface area contributed by atoms with Crippen molar-refractivity contribution >= 4 is 28.9 Å². The number of carbonyl (C=O) groups excluding carboxylic acids is 1. The first-order valence-electron chi connectivity index (χ1n) is 8.18. The van der Waals surface area contributed by atoms with Crippen LogP contribution in [0.15, 0.2) is 77.4 Å². The smallest absolute Gasteiger partial charge is 0.249 e. The molecule has 0 spiro atoms. The standard InChI is InChI=1S/C20H16N4O2/c25-19(10-11-20-21-16-8-4-5-9-17(16)26-20)22-18-12-13-24(23-18)14-15-6-2-1-3-7-15/h1-13H,14H2,(H,22,23,25)/b11-10+. The second-order valence-electron chi connectivity index (χ2n) is 5.73. The fourth-order valence-corrected chi connectivity index (χ4v) is 2.56. The number of nitrogens with one attached hydrogen (secondary N) is 1. The molecule has 2 heterocycles. The average molecular weight is 344 g/mol. The van der Waals surface area contributed by atoms with Crippen LogP contribution in [0.3, 0.4) is 0 Å². The van der Waals surface area contributed by atoms with E-state index in [-0.39, 0.29) is 5.91 Å². The molecule has 6 nitrogen and oxygen atoms in total. The molecule has 0 aliphatic heterocycles. The van der Waals surface area contributed by atoms with Gasteiger partial charge in [-0.1, -0.05) is 42.5 Å². The summed E-state index contributed by atoms with van der Waals surface area (Å²) >= 11 is 0. The third kappa shape index (κ3) is 3.70. The molecular formula is C20H16N4O2. The highest BCUT2D eigenvalue weighted by Crippen LogP contribution is 2.15. The van der Waals surface area contributed by atoms with Gasteiger partial charge in [0, 0.05) is 24.4 Å². The number of fused-ring (bicyclic) bond motifs is 1. The van der Waals surface area contributed by atoms with Gasteiger partial charge in [0.25, 0.3) is 0 Å². The Morgan fingerprint density at radius 1 is 1.08 bits per heavy atom. The molecule has 0 aliphatic carbocycles. The Bertz CT molecular complexity index is 1030. The van der Waals surface area contributed by atoms with E-state index in [1.807, 2.05) is 60.8 Å². The zero-order valence-corrected chi connectivity index (χ0v) is 13.9. The summed E-state index contributed by atoms with van der Waals surface area (Å²) in [5, 5.41) is 7.07. The van der Waals surface area contributed by atoms with E-state index in [0.717, 1.165) is 11.1 Å². The summed E-state index contributed by atoms with van der Waals surface area (Å²) in [6.45, 7) is 0.648. The summed E-state index contributed by atoms with van der Waals surface area (Å²) in [6.07, 6.45) is 4.74. The first kappa shape index (κ1) is 15.8. The SMILES string of the molecule is O=C(/C=C/c1nc2ccccc2o1)Nc1ccn(Cc2ccccc2)n1. The van der Waals surface area contributed by atoms with E-state index in [2.05, 4.69) is 15.4 Å². The minimum atomic E-state index is -0.294. The first-order chi connectivity index (χ1) is 12.8. The molecule has 4 rings (SSSR count). The number of oxazole rings is 1. The maximum absolute atomic E-state index is 12.1. The van der Waals surface area contributed by atoms with Crippen LogP contribution in [0.5, 0.6) is 0 Å². The van der Waals surface area contributed by atoms with Gasteiger partial charge in [-0.05, 0) is 17.7 Å². The molecule has 0 unspecified atom stereocenters. The van der Waals surface area contributed by atoms with Crippen molar-refractivity contribution < 1.29 is 9.21 Å². The Hall–Kier alpha value is -3.67. The van der Waals surface area contributed by atoms with Gasteiger partial charge < -0.3 is 9.73 Å². The van der Waals surface area contributed by atoms with E-state index in [1.165, 1.54) is 12.2 Å². The van der Waals surface area contributed by atoms with Gasteiger partial charge in [-0.2, -0.15) is 5.10 Å². The minimum Gasteiger partial charge on any atom is -0.437 e. The Kier molecular flexibility index (Phi) is 4.30. The van der Waals surface area contributed by atoms with Gasteiger partial charge in [0.2, 0.25) is 11.8 Å². The van der Waals surface area contributed by atoms with E-state index in [4.69, 9.17) is 4.42 Å². The Morgan fingerprint density at radius 3 is 2.73 bits per heavy atom. The third-order valence-corrected chi connectivity index (χ3v) is 3.77. The van der Waals surface area contributed by atoms with E-state index >= 15 is 0 Å². The highest BCUT2D eigenvalue weighted by molar-refractivity contribution is 6.01. The topological polar surface area (TPSA) is 73.0 Å². The van der Waals surface area contributed by atoms with Gasteiger partial charge in [0.05, 0.1) is 6.54 Å². The van der Waals surface area contributed by atoms with E-state index in [0.29, 0.717) is 23.8 Å². The molecule has 0 radical (unpaired) electrons. The molecule has 2 aromatic heterocycles. The molecule has 0 fully saturated rings. The molecule has 0 bridgehead atoms. The highest BCUT2D eigenvalue weighted by Gasteiger charge is 2.05. The van der Waals surface area contributed by atoms with Crippen LogP contribution < -0.4 is 5.32 Å². The van der Waals surface area contributed by atoms with Gasteiger partial charge in [-0.15, -0.1) is 0 Å². The summed E-state index contributed by atoms with van der Waals surface area (Å²) in [6, 6.07) is 19.2. The molecule has 26 heavy (non-hydrogen) atoms.